The molecule has 1 aromatic carbocycles. The molecule has 130 valence electrons. The van der Waals surface area contributed by atoms with Crippen molar-refractivity contribution in [2.24, 2.45) is 0 Å². The van der Waals surface area contributed by atoms with Crippen LogP contribution in [-0.2, 0) is 14.8 Å². The van der Waals surface area contributed by atoms with Crippen molar-refractivity contribution in [2.75, 3.05) is 30.7 Å². The molecular formula is C15H22Cl2N2O3S. The maximum atomic E-state index is 12.1. The number of halogens is 2. The van der Waals surface area contributed by atoms with Gasteiger partial charge in [0.2, 0.25) is 15.9 Å². The quantitative estimate of drug-likeness (QED) is 0.694. The van der Waals surface area contributed by atoms with Crippen LogP contribution in [0.2, 0.25) is 10.0 Å². The second-order valence-corrected chi connectivity index (χ2v) is 8.07. The molecule has 0 aliphatic carbocycles. The van der Waals surface area contributed by atoms with Gasteiger partial charge < -0.3 is 4.90 Å². The number of hydrogen-bond acceptors (Lipinski definition) is 3. The Morgan fingerprint density at radius 2 is 1.83 bits per heavy atom. The first-order valence-corrected chi connectivity index (χ1v) is 9.94. The summed E-state index contributed by atoms with van der Waals surface area (Å²) in [5.74, 6) is -0.0906. The van der Waals surface area contributed by atoms with Gasteiger partial charge in [0.15, 0.2) is 0 Å². The number of hydrogen-bond donors (Lipinski definition) is 0. The monoisotopic (exact) mass is 380 g/mol. The minimum Gasteiger partial charge on any atom is -0.346 e. The molecule has 0 radical (unpaired) electrons. The molecule has 0 saturated heterocycles. The first kappa shape index (κ1) is 20.1. The molecule has 0 atom stereocenters. The molecule has 0 heterocycles. The van der Waals surface area contributed by atoms with E-state index in [2.05, 4.69) is 0 Å². The Morgan fingerprint density at radius 1 is 1.17 bits per heavy atom. The summed E-state index contributed by atoms with van der Waals surface area (Å²) < 4.78 is 25.2. The molecule has 0 unspecified atom stereocenters. The molecule has 1 aromatic rings. The molecule has 0 aromatic heterocycles. The molecule has 23 heavy (non-hydrogen) atoms. The lowest BCUT2D eigenvalue weighted by molar-refractivity contribution is -0.129. The van der Waals surface area contributed by atoms with Crippen LogP contribution in [0.15, 0.2) is 18.2 Å². The van der Waals surface area contributed by atoms with Crippen molar-refractivity contribution >= 4 is 44.8 Å². The third kappa shape index (κ3) is 6.20. The van der Waals surface area contributed by atoms with Crippen LogP contribution in [0.1, 0.15) is 26.2 Å². The molecule has 0 N–H and O–H groups in total. The molecular weight excluding hydrogens is 359 g/mol. The number of unbranched alkanes of at least 4 members (excludes halogenated alkanes) is 1. The van der Waals surface area contributed by atoms with E-state index < -0.39 is 10.0 Å². The van der Waals surface area contributed by atoms with Crippen molar-refractivity contribution in [3.63, 3.8) is 0 Å². The van der Waals surface area contributed by atoms with Gasteiger partial charge in [-0.2, -0.15) is 0 Å². The van der Waals surface area contributed by atoms with Crippen molar-refractivity contribution in [1.29, 1.82) is 0 Å². The topological polar surface area (TPSA) is 57.7 Å². The van der Waals surface area contributed by atoms with E-state index in [9.17, 15) is 13.2 Å². The zero-order valence-electron chi connectivity index (χ0n) is 13.6. The third-order valence-electron chi connectivity index (χ3n) is 3.39. The summed E-state index contributed by atoms with van der Waals surface area (Å²) >= 11 is 11.8. The zero-order chi connectivity index (χ0) is 17.6. The number of sulfonamides is 1. The molecule has 5 nitrogen and oxygen atoms in total. The lowest BCUT2D eigenvalue weighted by Crippen LogP contribution is -2.35. The summed E-state index contributed by atoms with van der Waals surface area (Å²) in [5, 5.41) is 0.614. The van der Waals surface area contributed by atoms with Crippen LogP contribution in [-0.4, -0.2) is 45.6 Å². The third-order valence-corrected chi connectivity index (χ3v) is 5.33. The van der Waals surface area contributed by atoms with E-state index in [0.717, 1.165) is 19.1 Å². The normalized spacial score (nSPS) is 11.3. The highest BCUT2D eigenvalue weighted by molar-refractivity contribution is 7.92. The zero-order valence-corrected chi connectivity index (χ0v) is 15.9. The van der Waals surface area contributed by atoms with Gasteiger partial charge in [-0.1, -0.05) is 36.5 Å². The average Bonchev–Trinajstić information content (AvgIpc) is 2.46. The summed E-state index contributed by atoms with van der Waals surface area (Å²) in [6.07, 6.45) is 3.12. The summed E-state index contributed by atoms with van der Waals surface area (Å²) in [7, 11) is -1.80. The highest BCUT2D eigenvalue weighted by Crippen LogP contribution is 2.28. The Hall–Kier alpha value is -0.980. The highest BCUT2D eigenvalue weighted by Gasteiger charge is 2.20. The number of anilines is 1. The van der Waals surface area contributed by atoms with Crippen molar-refractivity contribution < 1.29 is 13.2 Å². The number of rotatable bonds is 8. The molecule has 8 heteroatoms. The summed E-state index contributed by atoms with van der Waals surface area (Å²) in [6.45, 7) is 2.78. The van der Waals surface area contributed by atoms with Gasteiger partial charge in [0.25, 0.3) is 0 Å². The maximum absolute atomic E-state index is 12.1. The van der Waals surface area contributed by atoms with Crippen LogP contribution in [0.3, 0.4) is 0 Å². The van der Waals surface area contributed by atoms with Gasteiger partial charge in [-0.05, 0) is 24.6 Å². The van der Waals surface area contributed by atoms with Crippen molar-refractivity contribution in [3.8, 4) is 0 Å². The average molecular weight is 381 g/mol. The first-order valence-electron chi connectivity index (χ1n) is 7.33. The van der Waals surface area contributed by atoms with Crippen molar-refractivity contribution in [2.45, 2.75) is 26.2 Å². The van der Waals surface area contributed by atoms with E-state index in [1.807, 2.05) is 6.92 Å². The van der Waals surface area contributed by atoms with Gasteiger partial charge in [0.1, 0.15) is 0 Å². The molecule has 0 aliphatic heterocycles. The Labute approximate surface area is 148 Å². The van der Waals surface area contributed by atoms with E-state index in [0.29, 0.717) is 17.3 Å². The molecule has 0 aliphatic rings. The Kier molecular flexibility index (Phi) is 7.64. The Balaban J connectivity index is 2.85. The standard InChI is InChI=1S/C15H22Cl2N2O3S/c1-4-5-9-18(2)15(20)8-10-19(23(3,21)22)12-6-7-13(16)14(17)11-12/h6-7,11H,4-5,8-10H2,1-3H3. The minimum atomic E-state index is -3.53. The van der Waals surface area contributed by atoms with Gasteiger partial charge in [-0.15, -0.1) is 0 Å². The van der Waals surface area contributed by atoms with E-state index in [1.165, 1.54) is 16.4 Å². The molecule has 1 rings (SSSR count). The number of amides is 1. The van der Waals surface area contributed by atoms with Gasteiger partial charge >= 0.3 is 0 Å². The van der Waals surface area contributed by atoms with E-state index in [-0.39, 0.29) is 23.9 Å². The Morgan fingerprint density at radius 3 is 2.35 bits per heavy atom. The second kappa shape index (κ2) is 8.76. The van der Waals surface area contributed by atoms with Crippen LogP contribution in [0.5, 0.6) is 0 Å². The van der Waals surface area contributed by atoms with Gasteiger partial charge in [-0.25, -0.2) is 8.42 Å². The number of benzene rings is 1. The fraction of sp³-hybridized carbons (Fsp3) is 0.533. The maximum Gasteiger partial charge on any atom is 0.232 e. The number of carbonyl (C=O) groups excluding carboxylic acids is 1. The van der Waals surface area contributed by atoms with E-state index in [1.54, 1.807) is 18.0 Å². The summed E-state index contributed by atoms with van der Waals surface area (Å²) in [4.78, 5) is 13.7. The van der Waals surface area contributed by atoms with Crippen molar-refractivity contribution in [3.05, 3.63) is 28.2 Å². The van der Waals surface area contributed by atoms with Crippen LogP contribution in [0.25, 0.3) is 0 Å². The number of nitrogens with zero attached hydrogens (tertiary/aromatic N) is 2. The summed E-state index contributed by atoms with van der Waals surface area (Å²) in [6, 6.07) is 4.59. The molecule has 1 amide bonds. The molecule has 0 fully saturated rings. The fourth-order valence-corrected chi connectivity index (χ4v) is 3.25. The minimum absolute atomic E-state index is 0.0616. The Bertz CT molecular complexity index is 650. The van der Waals surface area contributed by atoms with Crippen molar-refractivity contribution in [1.82, 2.24) is 4.90 Å². The van der Waals surface area contributed by atoms with Crippen LogP contribution in [0.4, 0.5) is 5.69 Å². The lowest BCUT2D eigenvalue weighted by Gasteiger charge is -2.24. The number of carbonyl (C=O) groups is 1. The van der Waals surface area contributed by atoms with E-state index in [4.69, 9.17) is 23.2 Å². The first-order chi connectivity index (χ1) is 10.7. The SMILES string of the molecule is CCCCN(C)C(=O)CCN(c1ccc(Cl)c(Cl)c1)S(C)(=O)=O. The largest absolute Gasteiger partial charge is 0.346 e. The molecule has 0 bridgehead atoms. The van der Waals surface area contributed by atoms with Crippen LogP contribution < -0.4 is 4.31 Å². The lowest BCUT2D eigenvalue weighted by atomic mass is 10.3. The van der Waals surface area contributed by atoms with E-state index >= 15 is 0 Å². The highest BCUT2D eigenvalue weighted by atomic mass is 35.5. The second-order valence-electron chi connectivity index (χ2n) is 5.35. The van der Waals surface area contributed by atoms with Crippen LogP contribution in [0, 0.1) is 0 Å². The van der Waals surface area contributed by atoms with Crippen LogP contribution >= 0.6 is 23.2 Å². The molecule has 0 spiro atoms. The predicted octanol–water partition coefficient (Wildman–Crippen LogP) is 3.41. The molecule has 0 saturated carbocycles. The summed E-state index contributed by atoms with van der Waals surface area (Å²) in [5.41, 5.74) is 0.394. The van der Waals surface area contributed by atoms with Gasteiger partial charge in [-0.3, -0.25) is 9.10 Å². The smallest absolute Gasteiger partial charge is 0.232 e. The van der Waals surface area contributed by atoms with Gasteiger partial charge in [0, 0.05) is 26.6 Å². The van der Waals surface area contributed by atoms with Gasteiger partial charge in [0.05, 0.1) is 22.0 Å². The fourth-order valence-electron chi connectivity index (χ4n) is 2.03. The predicted molar refractivity (Wildman–Crippen MR) is 95.8 cm³/mol.